The van der Waals surface area contributed by atoms with E-state index in [2.05, 4.69) is 21.6 Å². The summed E-state index contributed by atoms with van der Waals surface area (Å²) in [4.78, 5) is 26.9. The van der Waals surface area contributed by atoms with Crippen molar-refractivity contribution in [3.8, 4) is 6.07 Å². The molecule has 1 aromatic heterocycles. The number of carbonyl (C=O) groups is 1. The van der Waals surface area contributed by atoms with E-state index < -0.39 is 16.6 Å². The molecule has 1 amide bonds. The Labute approximate surface area is 185 Å². The van der Waals surface area contributed by atoms with E-state index in [9.17, 15) is 14.9 Å². The molecule has 2 saturated heterocycles. The van der Waals surface area contributed by atoms with Crippen molar-refractivity contribution >= 4 is 34.2 Å². The molecule has 11 nitrogen and oxygen atoms in total. The van der Waals surface area contributed by atoms with Crippen molar-refractivity contribution in [3.63, 3.8) is 0 Å². The Balaban J connectivity index is 1.59. The van der Waals surface area contributed by atoms with E-state index in [0.717, 1.165) is 5.39 Å². The first-order valence-electron chi connectivity index (χ1n) is 10.5. The first-order chi connectivity index (χ1) is 15.1. The zero-order valence-electron chi connectivity index (χ0n) is 18.2. The van der Waals surface area contributed by atoms with Crippen molar-refractivity contribution in [2.24, 2.45) is 5.92 Å². The van der Waals surface area contributed by atoms with E-state index in [-0.39, 0.29) is 17.6 Å². The minimum Gasteiger partial charge on any atom is -0.444 e. The number of nitro benzene ring substituents is 1. The molecule has 11 heteroatoms. The number of anilines is 2. The van der Waals surface area contributed by atoms with Gasteiger partial charge < -0.3 is 19.9 Å². The number of fused-ring (bicyclic) bond motifs is 1. The Morgan fingerprint density at radius 2 is 1.91 bits per heavy atom. The van der Waals surface area contributed by atoms with Gasteiger partial charge in [0.25, 0.3) is 5.69 Å². The number of carbonyl (C=O) groups excluding carboxylic acids is 1. The Morgan fingerprint density at radius 3 is 2.53 bits per heavy atom. The highest BCUT2D eigenvalue weighted by Gasteiger charge is 2.32. The van der Waals surface area contributed by atoms with Crippen molar-refractivity contribution in [1.29, 1.82) is 5.26 Å². The maximum atomic E-state index is 12.1. The fourth-order valence-corrected chi connectivity index (χ4v) is 3.97. The summed E-state index contributed by atoms with van der Waals surface area (Å²) in [6.07, 6.45) is 0.253. The Kier molecular flexibility index (Phi) is 5.46. The lowest BCUT2D eigenvalue weighted by Gasteiger charge is -2.36. The Bertz CT molecular complexity index is 1100. The monoisotopic (exact) mass is 439 g/mol. The third-order valence-corrected chi connectivity index (χ3v) is 5.51. The second-order valence-electron chi connectivity index (χ2n) is 9.14. The number of nitrogens with zero attached hydrogens (tertiary/aromatic N) is 6. The van der Waals surface area contributed by atoms with Gasteiger partial charge in [0, 0.05) is 49.1 Å². The number of amides is 1. The van der Waals surface area contributed by atoms with Gasteiger partial charge in [0.1, 0.15) is 5.60 Å². The Morgan fingerprint density at radius 1 is 1.22 bits per heavy atom. The standard InChI is InChI=1S/C21H25N7O4/c1-21(2,3)32-20(29)23-14-6-7-26(12-14)18-16-5-4-15(28(30)31)8-17(16)19(25-24-18)27-10-13(9-22)11-27/h4-5,8,13-14H,6-7,10-12H2,1-3H3,(H,23,29)/t14-/m1/s1. The predicted octanol–water partition coefficient (Wildman–Crippen LogP) is 2.60. The third-order valence-electron chi connectivity index (χ3n) is 5.51. The number of hydrogen-bond donors (Lipinski definition) is 1. The van der Waals surface area contributed by atoms with Crippen LogP contribution in [0.5, 0.6) is 0 Å². The number of benzene rings is 1. The van der Waals surface area contributed by atoms with Crippen LogP contribution in [0.15, 0.2) is 18.2 Å². The van der Waals surface area contributed by atoms with Crippen molar-refractivity contribution < 1.29 is 14.5 Å². The second-order valence-corrected chi connectivity index (χ2v) is 9.14. The molecule has 168 valence electrons. The summed E-state index contributed by atoms with van der Waals surface area (Å²) in [5.74, 6) is 1.08. The van der Waals surface area contributed by atoms with E-state index in [4.69, 9.17) is 10.00 Å². The number of nitrogens with one attached hydrogen (secondary N) is 1. The molecule has 3 heterocycles. The fraction of sp³-hybridized carbons (Fsp3) is 0.524. The van der Waals surface area contributed by atoms with E-state index in [1.165, 1.54) is 12.1 Å². The number of ether oxygens (including phenoxy) is 1. The van der Waals surface area contributed by atoms with Gasteiger partial charge in [-0.05, 0) is 33.3 Å². The molecule has 0 radical (unpaired) electrons. The van der Waals surface area contributed by atoms with Gasteiger partial charge in [0.15, 0.2) is 11.6 Å². The summed E-state index contributed by atoms with van der Waals surface area (Å²) in [5.41, 5.74) is -0.600. The van der Waals surface area contributed by atoms with Gasteiger partial charge >= 0.3 is 6.09 Å². The molecule has 1 aromatic carbocycles. The number of alkyl carbamates (subject to hydrolysis) is 1. The van der Waals surface area contributed by atoms with Gasteiger partial charge in [-0.3, -0.25) is 10.1 Å². The van der Waals surface area contributed by atoms with E-state index in [1.54, 1.807) is 6.07 Å². The van der Waals surface area contributed by atoms with Crippen LogP contribution < -0.4 is 15.1 Å². The maximum Gasteiger partial charge on any atom is 0.407 e. The summed E-state index contributed by atoms with van der Waals surface area (Å²) in [5, 5.41) is 33.5. The molecule has 4 rings (SSSR count). The van der Waals surface area contributed by atoms with Crippen molar-refractivity contribution in [3.05, 3.63) is 28.3 Å². The second kappa shape index (κ2) is 8.11. The lowest BCUT2D eigenvalue weighted by Crippen LogP contribution is -2.46. The molecule has 0 bridgehead atoms. The van der Waals surface area contributed by atoms with Crippen molar-refractivity contribution in [1.82, 2.24) is 15.5 Å². The largest absolute Gasteiger partial charge is 0.444 e. The zero-order valence-corrected chi connectivity index (χ0v) is 18.2. The molecule has 2 aliphatic heterocycles. The highest BCUT2D eigenvalue weighted by Crippen LogP contribution is 2.36. The Hall–Kier alpha value is -3.68. The first kappa shape index (κ1) is 21.5. The number of rotatable bonds is 4. The quantitative estimate of drug-likeness (QED) is 0.562. The smallest absolute Gasteiger partial charge is 0.407 e. The number of aromatic nitrogens is 2. The van der Waals surface area contributed by atoms with Crippen LogP contribution in [0.1, 0.15) is 27.2 Å². The average Bonchev–Trinajstić information content (AvgIpc) is 3.13. The summed E-state index contributed by atoms with van der Waals surface area (Å²) >= 11 is 0. The molecule has 0 unspecified atom stereocenters. The molecule has 2 fully saturated rings. The summed E-state index contributed by atoms with van der Waals surface area (Å²) in [7, 11) is 0. The number of non-ortho nitro benzene ring substituents is 1. The topological polar surface area (TPSA) is 138 Å². The molecule has 0 aliphatic carbocycles. The lowest BCUT2D eigenvalue weighted by atomic mass is 10.0. The van der Waals surface area contributed by atoms with Crippen LogP contribution in [0, 0.1) is 27.4 Å². The molecule has 2 aliphatic rings. The summed E-state index contributed by atoms with van der Waals surface area (Å²) < 4.78 is 5.34. The van der Waals surface area contributed by atoms with Crippen LogP contribution in [-0.4, -0.2) is 59.0 Å². The van der Waals surface area contributed by atoms with Gasteiger partial charge in [-0.2, -0.15) is 5.26 Å². The van der Waals surface area contributed by atoms with Crippen LogP contribution in [0.2, 0.25) is 0 Å². The molecule has 32 heavy (non-hydrogen) atoms. The van der Waals surface area contributed by atoms with Crippen LogP contribution in [-0.2, 0) is 4.74 Å². The molecule has 0 spiro atoms. The molecular formula is C21H25N7O4. The number of nitro groups is 1. The van der Waals surface area contributed by atoms with Gasteiger partial charge in [-0.1, -0.05) is 0 Å². The van der Waals surface area contributed by atoms with E-state index in [1.807, 2.05) is 30.6 Å². The van der Waals surface area contributed by atoms with Crippen LogP contribution in [0.25, 0.3) is 10.8 Å². The van der Waals surface area contributed by atoms with Crippen molar-refractivity contribution in [2.45, 2.75) is 38.8 Å². The molecule has 0 saturated carbocycles. The number of hydrogen-bond acceptors (Lipinski definition) is 9. The highest BCUT2D eigenvalue weighted by molar-refractivity contribution is 6.00. The summed E-state index contributed by atoms with van der Waals surface area (Å²) in [6.45, 7) is 7.66. The molecular weight excluding hydrogens is 414 g/mol. The molecule has 1 atom stereocenters. The van der Waals surface area contributed by atoms with Gasteiger partial charge in [0.2, 0.25) is 0 Å². The third kappa shape index (κ3) is 4.34. The van der Waals surface area contributed by atoms with Gasteiger partial charge in [-0.25, -0.2) is 4.79 Å². The maximum absolute atomic E-state index is 12.1. The van der Waals surface area contributed by atoms with E-state index in [0.29, 0.717) is 49.6 Å². The normalized spacial score (nSPS) is 18.9. The van der Waals surface area contributed by atoms with Crippen molar-refractivity contribution in [2.75, 3.05) is 36.0 Å². The fourth-order valence-electron chi connectivity index (χ4n) is 3.97. The SMILES string of the molecule is CC(C)(C)OC(=O)N[C@@H]1CCN(c2nnc(N3CC(C#N)C3)c3cc([N+](=O)[O-])ccc23)C1. The van der Waals surface area contributed by atoms with Crippen LogP contribution in [0.4, 0.5) is 22.1 Å². The minimum absolute atomic E-state index is 0.0269. The predicted molar refractivity (Wildman–Crippen MR) is 117 cm³/mol. The van der Waals surface area contributed by atoms with E-state index >= 15 is 0 Å². The van der Waals surface area contributed by atoms with Gasteiger partial charge in [0.05, 0.1) is 23.0 Å². The lowest BCUT2D eigenvalue weighted by molar-refractivity contribution is -0.384. The van der Waals surface area contributed by atoms with Crippen LogP contribution in [0.3, 0.4) is 0 Å². The number of nitriles is 1. The first-order valence-corrected chi connectivity index (χ1v) is 10.5. The molecule has 2 aromatic rings. The zero-order chi connectivity index (χ0) is 23.0. The van der Waals surface area contributed by atoms with Gasteiger partial charge in [-0.15, -0.1) is 10.2 Å². The van der Waals surface area contributed by atoms with Crippen LogP contribution >= 0.6 is 0 Å². The summed E-state index contributed by atoms with van der Waals surface area (Å²) in [6, 6.07) is 6.77. The average molecular weight is 439 g/mol. The minimum atomic E-state index is -0.573. The highest BCUT2D eigenvalue weighted by atomic mass is 16.6. The molecule has 1 N–H and O–H groups in total.